The van der Waals surface area contributed by atoms with Crippen LogP contribution in [0.25, 0.3) is 0 Å². The molecule has 0 radical (unpaired) electrons. The van der Waals surface area contributed by atoms with Crippen LogP contribution in [-0.2, 0) is 0 Å². The quantitative estimate of drug-likeness (QED) is 0.260. The van der Waals surface area contributed by atoms with Crippen molar-refractivity contribution >= 4 is 6.21 Å². The molecular formula is C16H21NO. The Morgan fingerprint density at radius 2 is 1.83 bits per heavy atom. The first-order chi connectivity index (χ1) is 8.84. The van der Waals surface area contributed by atoms with Crippen LogP contribution in [0.15, 0.2) is 42.5 Å². The smallest absolute Gasteiger partial charge is 0.182 e. The molecule has 2 heteroatoms. The molecule has 0 saturated heterocycles. The van der Waals surface area contributed by atoms with Gasteiger partial charge in [0, 0.05) is 5.56 Å². The maximum absolute atomic E-state index is 11.7. The molecule has 0 N–H and O–H groups in total. The van der Waals surface area contributed by atoms with Crippen molar-refractivity contribution in [3.05, 3.63) is 53.3 Å². The van der Waals surface area contributed by atoms with Crippen LogP contribution >= 0.6 is 0 Å². The molecule has 2 nitrogen and oxygen atoms in total. The number of allylic oxidation sites excluding steroid dienone is 1. The standard InChI is InChI=1S/C16H21NO/c18-17(14-16-10-5-2-6-11-16)13-7-12-15-8-3-1-4-9-15/h2,5-7,10-12,14-15H,1,3-4,8-9,13H2/b12-7+,17-14-. The van der Waals surface area contributed by atoms with E-state index < -0.39 is 0 Å². The second kappa shape index (κ2) is 7.00. The number of benzene rings is 1. The molecule has 1 fully saturated rings. The highest BCUT2D eigenvalue weighted by molar-refractivity contribution is 5.75. The Morgan fingerprint density at radius 3 is 2.56 bits per heavy atom. The molecule has 0 aliphatic heterocycles. The number of hydrogen-bond donors (Lipinski definition) is 0. The van der Waals surface area contributed by atoms with Crippen LogP contribution in [0.2, 0.25) is 0 Å². The Bertz CT molecular complexity index is 402. The zero-order valence-electron chi connectivity index (χ0n) is 10.8. The molecule has 1 aliphatic carbocycles. The van der Waals surface area contributed by atoms with Gasteiger partial charge >= 0.3 is 0 Å². The van der Waals surface area contributed by atoms with E-state index in [-0.39, 0.29) is 0 Å². The predicted octanol–water partition coefficient (Wildman–Crippen LogP) is 3.75. The summed E-state index contributed by atoms with van der Waals surface area (Å²) in [6.45, 7) is 0.450. The third-order valence-electron chi connectivity index (χ3n) is 3.44. The molecule has 1 aliphatic rings. The van der Waals surface area contributed by atoms with Crippen molar-refractivity contribution < 1.29 is 4.74 Å². The van der Waals surface area contributed by atoms with Gasteiger partial charge < -0.3 is 5.21 Å². The fourth-order valence-corrected chi connectivity index (χ4v) is 2.44. The third kappa shape index (κ3) is 4.36. The van der Waals surface area contributed by atoms with Gasteiger partial charge in [-0.25, -0.2) is 4.74 Å². The fraction of sp³-hybridized carbons (Fsp3) is 0.438. The van der Waals surface area contributed by atoms with Gasteiger partial charge in [0.25, 0.3) is 0 Å². The summed E-state index contributed by atoms with van der Waals surface area (Å²) in [6.07, 6.45) is 12.5. The minimum absolute atomic E-state index is 0.450. The topological polar surface area (TPSA) is 26.1 Å². The van der Waals surface area contributed by atoms with Crippen LogP contribution in [0, 0.1) is 11.1 Å². The second-order valence-corrected chi connectivity index (χ2v) is 4.97. The van der Waals surface area contributed by atoms with Crippen LogP contribution < -0.4 is 0 Å². The monoisotopic (exact) mass is 243 g/mol. The number of hydrogen-bond acceptors (Lipinski definition) is 1. The lowest BCUT2D eigenvalue weighted by molar-refractivity contribution is -0.440. The summed E-state index contributed by atoms with van der Waals surface area (Å²) in [5, 5.41) is 11.7. The molecule has 96 valence electrons. The lowest BCUT2D eigenvalue weighted by atomic mass is 9.89. The zero-order valence-corrected chi connectivity index (χ0v) is 10.8. The molecule has 0 unspecified atom stereocenters. The van der Waals surface area contributed by atoms with Gasteiger partial charge in [0.2, 0.25) is 0 Å². The van der Waals surface area contributed by atoms with Crippen molar-refractivity contribution in [2.24, 2.45) is 5.92 Å². The van der Waals surface area contributed by atoms with Gasteiger partial charge in [-0.15, -0.1) is 0 Å². The lowest BCUT2D eigenvalue weighted by Gasteiger charge is -2.17. The first-order valence-electron chi connectivity index (χ1n) is 6.85. The van der Waals surface area contributed by atoms with Gasteiger partial charge in [-0.3, -0.25) is 0 Å². The van der Waals surface area contributed by atoms with Crippen molar-refractivity contribution in [1.82, 2.24) is 0 Å². The van der Waals surface area contributed by atoms with Gasteiger partial charge in [-0.1, -0.05) is 43.5 Å². The molecule has 0 atom stereocenters. The normalized spacial score (nSPS) is 18.3. The largest absolute Gasteiger partial charge is 0.624 e. The van der Waals surface area contributed by atoms with Crippen LogP contribution in [0.3, 0.4) is 0 Å². The molecule has 0 bridgehead atoms. The molecule has 0 amide bonds. The van der Waals surface area contributed by atoms with Crippen molar-refractivity contribution in [2.75, 3.05) is 6.54 Å². The zero-order chi connectivity index (χ0) is 12.6. The van der Waals surface area contributed by atoms with E-state index in [1.165, 1.54) is 32.1 Å². The van der Waals surface area contributed by atoms with Crippen molar-refractivity contribution in [3.8, 4) is 0 Å². The molecule has 1 aromatic carbocycles. The molecule has 0 spiro atoms. The number of rotatable bonds is 4. The van der Waals surface area contributed by atoms with Crippen LogP contribution in [0.5, 0.6) is 0 Å². The number of hydroxylamine groups is 1. The summed E-state index contributed by atoms with van der Waals surface area (Å²) in [5.74, 6) is 0.698. The molecule has 0 heterocycles. The van der Waals surface area contributed by atoms with E-state index in [1.807, 2.05) is 36.4 Å². The van der Waals surface area contributed by atoms with Crippen molar-refractivity contribution in [2.45, 2.75) is 32.1 Å². The molecular weight excluding hydrogens is 222 g/mol. The van der Waals surface area contributed by atoms with Gasteiger partial charge in [0.05, 0.1) is 0 Å². The van der Waals surface area contributed by atoms with E-state index in [1.54, 1.807) is 6.21 Å². The molecule has 1 saturated carbocycles. The Kier molecular flexibility index (Phi) is 5.00. The van der Waals surface area contributed by atoms with Crippen molar-refractivity contribution in [1.29, 1.82) is 0 Å². The summed E-state index contributed by atoms with van der Waals surface area (Å²) in [4.78, 5) is 0. The lowest BCUT2D eigenvalue weighted by Crippen LogP contribution is -2.07. The first-order valence-corrected chi connectivity index (χ1v) is 6.85. The average Bonchev–Trinajstić information content (AvgIpc) is 2.41. The first kappa shape index (κ1) is 12.9. The third-order valence-corrected chi connectivity index (χ3v) is 3.44. The maximum Gasteiger partial charge on any atom is 0.182 e. The highest BCUT2D eigenvalue weighted by atomic mass is 16.5. The van der Waals surface area contributed by atoms with E-state index >= 15 is 0 Å². The van der Waals surface area contributed by atoms with E-state index in [0.717, 1.165) is 10.3 Å². The predicted molar refractivity (Wildman–Crippen MR) is 75.8 cm³/mol. The molecule has 2 rings (SSSR count). The minimum atomic E-state index is 0.450. The van der Waals surface area contributed by atoms with Crippen LogP contribution in [0.4, 0.5) is 0 Å². The molecule has 1 aromatic rings. The Morgan fingerprint density at radius 1 is 1.11 bits per heavy atom. The van der Waals surface area contributed by atoms with Crippen LogP contribution in [-0.4, -0.2) is 17.5 Å². The Hall–Kier alpha value is -1.57. The van der Waals surface area contributed by atoms with E-state index in [9.17, 15) is 5.21 Å². The maximum atomic E-state index is 11.7. The van der Waals surface area contributed by atoms with Gasteiger partial charge in [0.1, 0.15) is 0 Å². The number of nitrogens with zero attached hydrogens (tertiary/aromatic N) is 1. The SMILES string of the molecule is [O-]/[N+](=C\c1ccccc1)C/C=C/C1CCCCC1. The summed E-state index contributed by atoms with van der Waals surface area (Å²) in [6, 6.07) is 9.72. The summed E-state index contributed by atoms with van der Waals surface area (Å²) in [7, 11) is 0. The Labute approximate surface area is 109 Å². The van der Waals surface area contributed by atoms with E-state index in [4.69, 9.17) is 0 Å². The van der Waals surface area contributed by atoms with Crippen LogP contribution in [0.1, 0.15) is 37.7 Å². The van der Waals surface area contributed by atoms with Gasteiger partial charge in [-0.2, -0.15) is 0 Å². The van der Waals surface area contributed by atoms with Gasteiger partial charge in [-0.05, 0) is 37.0 Å². The Balaban J connectivity index is 1.82. The second-order valence-electron chi connectivity index (χ2n) is 4.97. The fourth-order valence-electron chi connectivity index (χ4n) is 2.44. The molecule has 18 heavy (non-hydrogen) atoms. The summed E-state index contributed by atoms with van der Waals surface area (Å²) >= 11 is 0. The van der Waals surface area contributed by atoms with E-state index in [2.05, 4.69) is 6.08 Å². The highest BCUT2D eigenvalue weighted by Gasteiger charge is 2.09. The average molecular weight is 243 g/mol. The van der Waals surface area contributed by atoms with E-state index in [0.29, 0.717) is 12.5 Å². The minimum Gasteiger partial charge on any atom is -0.624 e. The van der Waals surface area contributed by atoms with Crippen molar-refractivity contribution in [3.63, 3.8) is 0 Å². The van der Waals surface area contributed by atoms with Gasteiger partial charge in [0.15, 0.2) is 12.8 Å². The summed E-state index contributed by atoms with van der Waals surface area (Å²) < 4.78 is 0.995. The molecule has 0 aromatic heterocycles. The summed E-state index contributed by atoms with van der Waals surface area (Å²) in [5.41, 5.74) is 0.957. The highest BCUT2D eigenvalue weighted by Crippen LogP contribution is 2.24.